The van der Waals surface area contributed by atoms with Crippen LogP contribution in [0, 0.1) is 0 Å². The number of hydrogen-bond acceptors (Lipinski definition) is 6. The van der Waals surface area contributed by atoms with E-state index in [4.69, 9.17) is 9.72 Å². The van der Waals surface area contributed by atoms with Crippen LogP contribution < -0.4 is 4.74 Å². The molecule has 0 saturated heterocycles. The van der Waals surface area contributed by atoms with E-state index in [0.717, 1.165) is 117 Å². The molecule has 6 nitrogen and oxygen atoms in total. The van der Waals surface area contributed by atoms with E-state index < -0.39 is 0 Å². The zero-order chi connectivity index (χ0) is 52.5. The summed E-state index contributed by atoms with van der Waals surface area (Å²) in [5, 5.41) is 5.59. The van der Waals surface area contributed by atoms with E-state index in [1.807, 2.05) is 67.1 Å². The Labute approximate surface area is 457 Å². The van der Waals surface area contributed by atoms with E-state index in [-0.39, 0.29) is 0 Å². The molecule has 4 aromatic heterocycles. The third-order valence-corrected chi connectivity index (χ3v) is 14.8. The molecule has 0 amide bonds. The Kier molecular flexibility index (Phi) is 12.1. The van der Waals surface area contributed by atoms with Crippen LogP contribution in [0.2, 0.25) is 0 Å². The summed E-state index contributed by atoms with van der Waals surface area (Å²) in [6.07, 6.45) is 9.08. The topological polar surface area (TPSA) is 73.7 Å². The summed E-state index contributed by atoms with van der Waals surface area (Å²) in [6, 6.07) is 89.8. The number of nitrogens with zero attached hydrogens (tertiary/aromatic N) is 5. The second kappa shape index (κ2) is 20.4. The van der Waals surface area contributed by atoms with Crippen LogP contribution >= 0.6 is 0 Å². The van der Waals surface area contributed by atoms with Crippen LogP contribution in [0.15, 0.2) is 286 Å². The summed E-state index contributed by atoms with van der Waals surface area (Å²) in [6.45, 7) is 0. The van der Waals surface area contributed by atoms with Crippen LogP contribution in [0.25, 0.3) is 133 Å². The predicted molar refractivity (Wildman–Crippen MR) is 323 cm³/mol. The number of benzene rings is 10. The summed E-state index contributed by atoms with van der Waals surface area (Å²) >= 11 is 0. The highest BCUT2D eigenvalue weighted by atomic mass is 16.5. The summed E-state index contributed by atoms with van der Waals surface area (Å²) in [7, 11) is 0. The van der Waals surface area contributed by atoms with E-state index in [9.17, 15) is 0 Å². The Hall–Kier alpha value is -10.7. The van der Waals surface area contributed by atoms with Crippen LogP contribution in [0.1, 0.15) is 0 Å². The maximum Gasteiger partial charge on any atom is 0.159 e. The van der Waals surface area contributed by atoms with Crippen molar-refractivity contribution in [3.8, 4) is 112 Å². The Morgan fingerprint density at radius 1 is 0.228 bits per heavy atom. The molecule has 0 saturated carbocycles. The summed E-state index contributed by atoms with van der Waals surface area (Å²) in [4.78, 5) is 23.5. The normalized spacial score (nSPS) is 11.3. The maximum atomic E-state index is 7.18. The van der Waals surface area contributed by atoms with Crippen LogP contribution in [-0.2, 0) is 0 Å². The van der Waals surface area contributed by atoms with Gasteiger partial charge < -0.3 is 4.74 Å². The van der Waals surface area contributed by atoms with E-state index in [2.05, 4.69) is 226 Å². The molecule has 79 heavy (non-hydrogen) atoms. The Balaban J connectivity index is 0.939. The van der Waals surface area contributed by atoms with Gasteiger partial charge in [-0.15, -0.1) is 0 Å². The molecule has 4 heterocycles. The van der Waals surface area contributed by atoms with Crippen LogP contribution in [0.5, 0.6) is 11.5 Å². The molecular formula is C73H47N5O. The minimum Gasteiger partial charge on any atom is -0.457 e. The van der Waals surface area contributed by atoms with Crippen LogP contribution in [0.4, 0.5) is 0 Å². The lowest BCUT2D eigenvalue weighted by Gasteiger charge is -2.19. The predicted octanol–water partition coefficient (Wildman–Crippen LogP) is 18.9. The van der Waals surface area contributed by atoms with Gasteiger partial charge in [0.1, 0.15) is 11.5 Å². The number of ether oxygens (including phenoxy) is 1. The average Bonchev–Trinajstić information content (AvgIpc) is 3.61. The highest BCUT2D eigenvalue weighted by Gasteiger charge is 2.20. The molecular weight excluding hydrogens is 963 g/mol. The molecule has 0 spiro atoms. The van der Waals surface area contributed by atoms with E-state index in [0.29, 0.717) is 17.3 Å². The summed E-state index contributed by atoms with van der Waals surface area (Å²) < 4.78 is 7.18. The van der Waals surface area contributed by atoms with Crippen LogP contribution in [0.3, 0.4) is 0 Å². The first-order valence-electron chi connectivity index (χ1n) is 26.4. The van der Waals surface area contributed by atoms with Gasteiger partial charge in [0.2, 0.25) is 0 Å². The molecule has 0 aliphatic rings. The molecule has 0 unspecified atom stereocenters. The molecule has 10 aromatic carbocycles. The van der Waals surface area contributed by atoms with E-state index in [1.165, 1.54) is 10.8 Å². The fourth-order valence-electron chi connectivity index (χ4n) is 11.1. The van der Waals surface area contributed by atoms with Gasteiger partial charge in [0.15, 0.2) is 5.82 Å². The third-order valence-electron chi connectivity index (χ3n) is 14.8. The molecule has 0 aliphatic heterocycles. The SMILES string of the molecule is c1ccc(-c2ccc(-c3ccccc3-c3cc(-c4ccccc4-c4ccc(-c5ccccn5)cc4)cc(-c4ccccc4-c4ccc(-c5ncccn5)cc4Oc4ccc5c6ccccc6c6cccnc6c5c4)c3)cc2)nc1. The van der Waals surface area contributed by atoms with Gasteiger partial charge >= 0.3 is 0 Å². The minimum absolute atomic E-state index is 0.611. The molecule has 0 bridgehead atoms. The average molecular weight is 1010 g/mol. The largest absolute Gasteiger partial charge is 0.457 e. The number of fused-ring (bicyclic) bond motifs is 6. The second-order valence-electron chi connectivity index (χ2n) is 19.6. The molecule has 6 heteroatoms. The van der Waals surface area contributed by atoms with Gasteiger partial charge in [0.05, 0.1) is 16.9 Å². The second-order valence-corrected chi connectivity index (χ2v) is 19.6. The molecule has 0 fully saturated rings. The van der Waals surface area contributed by atoms with Gasteiger partial charge in [0.25, 0.3) is 0 Å². The Morgan fingerprint density at radius 2 is 0.658 bits per heavy atom. The lowest BCUT2D eigenvalue weighted by molar-refractivity contribution is 0.485. The number of rotatable bonds is 11. The van der Waals surface area contributed by atoms with Gasteiger partial charge in [0, 0.05) is 64.0 Å². The van der Waals surface area contributed by atoms with Gasteiger partial charge in [-0.05, 0) is 162 Å². The van der Waals surface area contributed by atoms with Gasteiger partial charge in [-0.25, -0.2) is 9.97 Å². The first-order valence-corrected chi connectivity index (χ1v) is 26.4. The molecule has 0 atom stereocenters. The van der Waals surface area contributed by atoms with Crippen molar-refractivity contribution >= 4 is 32.4 Å². The van der Waals surface area contributed by atoms with Crippen molar-refractivity contribution in [1.29, 1.82) is 0 Å². The van der Waals surface area contributed by atoms with Gasteiger partial charge in [-0.3, -0.25) is 15.0 Å². The maximum absolute atomic E-state index is 7.18. The number of aromatic nitrogens is 5. The quantitative estimate of drug-likeness (QED) is 0.120. The molecule has 370 valence electrons. The van der Waals surface area contributed by atoms with Gasteiger partial charge in [-0.2, -0.15) is 0 Å². The Bertz CT molecular complexity index is 4370. The van der Waals surface area contributed by atoms with Crippen molar-refractivity contribution in [3.05, 3.63) is 286 Å². The highest BCUT2D eigenvalue weighted by Crippen LogP contribution is 2.46. The van der Waals surface area contributed by atoms with Crippen molar-refractivity contribution in [3.63, 3.8) is 0 Å². The molecule has 0 aliphatic carbocycles. The van der Waals surface area contributed by atoms with Crippen molar-refractivity contribution in [2.75, 3.05) is 0 Å². The first-order chi connectivity index (χ1) is 39.2. The zero-order valence-electron chi connectivity index (χ0n) is 42.8. The van der Waals surface area contributed by atoms with E-state index >= 15 is 0 Å². The number of pyridine rings is 3. The molecule has 14 aromatic rings. The molecule has 0 N–H and O–H groups in total. The third kappa shape index (κ3) is 9.03. The van der Waals surface area contributed by atoms with Gasteiger partial charge in [-0.1, -0.05) is 170 Å². The highest BCUT2D eigenvalue weighted by molar-refractivity contribution is 6.24. The lowest BCUT2D eigenvalue weighted by atomic mass is 9.86. The van der Waals surface area contributed by atoms with Crippen LogP contribution in [-0.4, -0.2) is 24.9 Å². The van der Waals surface area contributed by atoms with Crippen molar-refractivity contribution < 1.29 is 4.74 Å². The zero-order valence-corrected chi connectivity index (χ0v) is 42.8. The summed E-state index contributed by atoms with van der Waals surface area (Å²) in [5.41, 5.74) is 18.7. The fraction of sp³-hybridized carbons (Fsp3) is 0. The van der Waals surface area contributed by atoms with E-state index in [1.54, 1.807) is 12.4 Å². The first kappa shape index (κ1) is 46.8. The van der Waals surface area contributed by atoms with Crippen molar-refractivity contribution in [2.45, 2.75) is 0 Å². The molecule has 14 rings (SSSR count). The number of hydrogen-bond donors (Lipinski definition) is 0. The molecule has 0 radical (unpaired) electrons. The van der Waals surface area contributed by atoms with Crippen molar-refractivity contribution in [2.24, 2.45) is 0 Å². The van der Waals surface area contributed by atoms with Crippen molar-refractivity contribution in [1.82, 2.24) is 24.9 Å². The minimum atomic E-state index is 0.611. The smallest absolute Gasteiger partial charge is 0.159 e. The summed E-state index contributed by atoms with van der Waals surface area (Å²) in [5.74, 6) is 1.98. The lowest BCUT2D eigenvalue weighted by Crippen LogP contribution is -1.95. The fourth-order valence-corrected chi connectivity index (χ4v) is 11.1. The Morgan fingerprint density at radius 3 is 1.22 bits per heavy atom. The monoisotopic (exact) mass is 1010 g/mol. The standard InChI is InChI=1S/C73H47N5O/c1-3-17-59(57(15-1)48-26-30-50(31-27-48)69-24-9-11-38-74-69)53-43-54(60-18-4-2-16-58(60)49-28-32-51(33-29-49)70-25-10-12-39-75-70)45-55(44-53)61-19-5-6-20-62(61)66-36-34-52(73-77-41-14-42-78-73)46-71(66)79-56-35-37-65-63-21-7-8-22-64(63)67-23-13-40-76-72(67)68(65)47-56/h1-47H.